The van der Waals surface area contributed by atoms with Gasteiger partial charge in [-0.2, -0.15) is 0 Å². The second-order valence-corrected chi connectivity index (χ2v) is 28.1. The van der Waals surface area contributed by atoms with Crippen LogP contribution in [0.1, 0.15) is 305 Å². The fraction of sp³-hybridized carbons (Fsp3) is 0.842. The lowest BCUT2D eigenvalue weighted by Crippen LogP contribution is -2.67. The predicted molar refractivity (Wildman–Crippen MR) is 381 cm³/mol. The summed E-state index contributed by atoms with van der Waals surface area (Å²) in [6.45, 7) is 23.6. The van der Waals surface area contributed by atoms with Crippen LogP contribution in [0.3, 0.4) is 0 Å². The molecule has 95 heavy (non-hydrogen) atoms. The van der Waals surface area contributed by atoms with Gasteiger partial charge in [0, 0.05) is 26.1 Å². The minimum absolute atomic E-state index is 0.161. The minimum Gasteiger partial charge on any atom is -0.430 e. The summed E-state index contributed by atoms with van der Waals surface area (Å²) in [6, 6.07) is -2.42. The molecule has 0 aromatic heterocycles. The van der Waals surface area contributed by atoms with Crippen LogP contribution in [0.2, 0.25) is 0 Å². The van der Waals surface area contributed by atoms with Gasteiger partial charge in [-0.1, -0.05) is 265 Å². The number of hydrogen-bond acceptors (Lipinski definition) is 16. The van der Waals surface area contributed by atoms with E-state index in [-0.39, 0.29) is 64.0 Å². The second-order valence-electron chi connectivity index (χ2n) is 26.5. The second kappa shape index (κ2) is 58.5. The Morgan fingerprint density at radius 2 is 0.979 bits per heavy atom. The molecule has 2 fully saturated rings. The van der Waals surface area contributed by atoms with E-state index in [0.29, 0.717) is 31.6 Å². The summed E-state index contributed by atoms with van der Waals surface area (Å²) in [4.78, 5) is 55.3. The summed E-state index contributed by atoms with van der Waals surface area (Å²) < 4.78 is 77.5. The predicted octanol–water partition coefficient (Wildman–Crippen LogP) is 18.6. The van der Waals surface area contributed by atoms with Crippen molar-refractivity contribution in [2.45, 2.75) is 366 Å². The maximum Gasteiger partial charge on any atom is 0.509 e. The van der Waals surface area contributed by atoms with Gasteiger partial charge in [0.25, 0.3) is 0 Å². The Bertz CT molecular complexity index is 2030. The molecule has 18 nitrogen and oxygen atoms in total. The van der Waals surface area contributed by atoms with Gasteiger partial charge in [-0.25, -0.2) is 9.36 Å². The quantitative estimate of drug-likeness (QED) is 0.0169. The van der Waals surface area contributed by atoms with Crippen molar-refractivity contribution in [2.75, 3.05) is 39.6 Å². The third-order valence-corrected chi connectivity index (χ3v) is 19.3. The molecule has 0 bridgehead atoms. The molecule has 0 aliphatic carbocycles. The summed E-state index contributed by atoms with van der Waals surface area (Å²) >= 11 is 0. The fourth-order valence-corrected chi connectivity index (χ4v) is 13.6. The zero-order chi connectivity index (χ0) is 69.4. The Balaban J connectivity index is 2.59. The number of Topliss-reactive ketones (excluding diaryl/α,β-unsaturated/α-hetero) is 1. The lowest BCUT2D eigenvalue weighted by atomic mass is 9.94. The molecular weight excluding hydrogens is 1230 g/mol. The topological polar surface area (TPSA) is 222 Å². The Morgan fingerprint density at radius 1 is 0.505 bits per heavy atom. The number of rotatable bonds is 64. The number of allylic oxidation sites excluding steroid dienone is 2. The van der Waals surface area contributed by atoms with Gasteiger partial charge in [0.15, 0.2) is 18.7 Å². The molecular formula is C76H137N2O16P. The molecule has 2 amide bonds. The van der Waals surface area contributed by atoms with Crippen LogP contribution in [-0.2, 0) is 65.7 Å². The first kappa shape index (κ1) is 87.8. The van der Waals surface area contributed by atoms with Gasteiger partial charge in [0.05, 0.1) is 32.3 Å². The summed E-state index contributed by atoms with van der Waals surface area (Å²) in [7, 11) is -4.39. The van der Waals surface area contributed by atoms with Gasteiger partial charge in [-0.15, -0.1) is 13.2 Å². The van der Waals surface area contributed by atoms with E-state index in [2.05, 4.69) is 77.1 Å². The number of hydrogen-bond donors (Lipinski definition) is 3. The van der Waals surface area contributed by atoms with Crippen LogP contribution in [-0.4, -0.2) is 130 Å². The van der Waals surface area contributed by atoms with E-state index in [0.717, 1.165) is 122 Å². The number of amides is 2. The molecule has 0 aromatic carbocycles. The highest BCUT2D eigenvalue weighted by Crippen LogP contribution is 2.53. The number of carbonyl (C=O) groups is 4. The number of ether oxygens (including phenoxy) is 7. The monoisotopic (exact) mass is 1360 g/mol. The zero-order valence-electron chi connectivity index (χ0n) is 60.6. The molecule has 0 saturated carbocycles. The van der Waals surface area contributed by atoms with E-state index >= 15 is 0 Å². The number of carbonyl (C=O) groups excluding carboxylic acids is 4. The Kier molecular flexibility index (Phi) is 54.1. The van der Waals surface area contributed by atoms with Crippen LogP contribution >= 0.6 is 7.82 Å². The third-order valence-electron chi connectivity index (χ3n) is 17.9. The lowest BCUT2D eigenvalue weighted by molar-refractivity contribution is -0.300. The van der Waals surface area contributed by atoms with E-state index in [9.17, 15) is 28.8 Å². The first-order chi connectivity index (χ1) is 46.2. The number of aliphatic hydroxyl groups is 1. The number of nitrogens with one attached hydrogen (secondary N) is 2. The van der Waals surface area contributed by atoms with Crippen molar-refractivity contribution in [3.8, 4) is 0 Å². The van der Waals surface area contributed by atoms with Crippen LogP contribution < -0.4 is 10.6 Å². The summed E-state index contributed by atoms with van der Waals surface area (Å²) in [5, 5.41) is 18.1. The van der Waals surface area contributed by atoms with Gasteiger partial charge in [0.1, 0.15) is 48.9 Å². The van der Waals surface area contributed by atoms with E-state index in [4.69, 9.17) is 46.7 Å². The average molecular weight is 1370 g/mol. The fourth-order valence-electron chi connectivity index (χ4n) is 12.3. The molecule has 0 aromatic rings. The summed E-state index contributed by atoms with van der Waals surface area (Å²) in [5.41, 5.74) is 0. The highest BCUT2D eigenvalue weighted by Gasteiger charge is 2.54. The molecule has 0 spiro atoms. The molecule has 2 saturated heterocycles. The molecule has 2 heterocycles. The Morgan fingerprint density at radius 3 is 1.53 bits per heavy atom. The SMILES string of the molecule is C=CCOC(=O)O[C@H]1[C@H](OCCCCCCCCCC)[C@@H](NC(=O)CC(=O)CCCCCCCCCCC)C(O)O[C@@H]1CO[C@@H]1O[C@H](CC)[C@@H](OP(=O)(OCC=C)OCC=C)[C@H](OCC[C@H](C)CCCCCCC)[C@H]1NC(=O)CCCCCCCCC/C=C\CCCCCC. The first-order valence-corrected chi connectivity index (χ1v) is 39.5. The smallest absolute Gasteiger partial charge is 0.430 e. The average Bonchev–Trinajstić information content (AvgIpc) is 0.853. The Labute approximate surface area is 577 Å². The molecule has 2 aliphatic heterocycles. The van der Waals surface area contributed by atoms with Crippen molar-refractivity contribution in [1.29, 1.82) is 0 Å². The molecule has 2 rings (SSSR count). The summed E-state index contributed by atoms with van der Waals surface area (Å²) in [5.74, 6) is -0.860. The van der Waals surface area contributed by atoms with E-state index in [1.54, 1.807) is 0 Å². The maximum absolute atomic E-state index is 14.6. The van der Waals surface area contributed by atoms with E-state index in [1.165, 1.54) is 108 Å². The molecule has 552 valence electrons. The van der Waals surface area contributed by atoms with Crippen LogP contribution in [0.15, 0.2) is 50.1 Å². The molecule has 11 atom stereocenters. The van der Waals surface area contributed by atoms with Gasteiger partial charge in [-0.05, 0) is 63.7 Å². The maximum atomic E-state index is 14.6. The van der Waals surface area contributed by atoms with Crippen molar-refractivity contribution in [1.82, 2.24) is 10.6 Å². The Hall–Kier alpha value is -3.29. The standard InChI is InChI=1S/C76H137N2O16P/c1-10-18-22-26-29-32-33-34-35-36-37-39-41-45-49-53-66(80)77-69-73(86-59-54-62(9)51-47-43-25-21-13-4)71(94-95(84,89-56-15-6)90-57-16-7)64(17-8)92-75(69)88-61-65-70(93-76(83)87-55-14-5)72(85-58-50-46-42-31-28-24-20-12-3)68(74(82)91-65)78-67(81)60-63(79)52-48-44-40-38-30-27-23-19-11-2/h14-16,32-33,62,64-65,68-75,82H,5-7,10-13,17-31,34-61H2,1-4,8-9H3,(H,77,80)(H,78,81)/b33-32-/t62-,64-,65-,68-,69-,70-,71-,72-,73-,74?,75-/m1/s1. The van der Waals surface area contributed by atoms with Crippen molar-refractivity contribution < 1.29 is 75.6 Å². The zero-order valence-corrected chi connectivity index (χ0v) is 61.5. The van der Waals surface area contributed by atoms with Crippen LogP contribution in [0.25, 0.3) is 0 Å². The molecule has 19 heteroatoms. The van der Waals surface area contributed by atoms with Crippen LogP contribution in [0.5, 0.6) is 0 Å². The third kappa shape index (κ3) is 41.8. The highest BCUT2D eigenvalue weighted by molar-refractivity contribution is 7.48. The van der Waals surface area contributed by atoms with Gasteiger partial charge in [-0.3, -0.25) is 28.0 Å². The minimum atomic E-state index is -4.39. The normalized spacial score (nSPS) is 21.7. The number of phosphoric ester groups is 1. The number of phosphoric acid groups is 1. The lowest BCUT2D eigenvalue weighted by Gasteiger charge is -2.47. The number of unbranched alkanes of at least 4 members (excludes halogenated alkanes) is 30. The molecule has 1 unspecified atom stereocenters. The largest absolute Gasteiger partial charge is 0.509 e. The van der Waals surface area contributed by atoms with Crippen molar-refractivity contribution in [3.63, 3.8) is 0 Å². The van der Waals surface area contributed by atoms with Gasteiger partial charge < -0.3 is 48.9 Å². The molecule has 2 aliphatic rings. The molecule has 3 N–H and O–H groups in total. The van der Waals surface area contributed by atoms with Gasteiger partial charge in [0.2, 0.25) is 11.8 Å². The number of ketones is 1. The first-order valence-electron chi connectivity index (χ1n) is 38.1. The van der Waals surface area contributed by atoms with Crippen LogP contribution in [0, 0.1) is 5.92 Å². The van der Waals surface area contributed by atoms with Crippen LogP contribution in [0.4, 0.5) is 4.79 Å². The van der Waals surface area contributed by atoms with Gasteiger partial charge >= 0.3 is 14.0 Å². The van der Waals surface area contributed by atoms with Crippen molar-refractivity contribution in [2.24, 2.45) is 5.92 Å². The summed E-state index contributed by atoms with van der Waals surface area (Å²) in [6.07, 6.45) is 37.9. The number of aliphatic hydroxyl groups excluding tert-OH is 1. The highest BCUT2D eigenvalue weighted by atomic mass is 31.2. The van der Waals surface area contributed by atoms with E-state index < -0.39 is 94.2 Å². The molecule has 0 radical (unpaired) electrons. The van der Waals surface area contributed by atoms with Crippen molar-refractivity contribution in [3.05, 3.63) is 50.1 Å². The van der Waals surface area contributed by atoms with E-state index in [1.807, 2.05) is 6.92 Å². The van der Waals surface area contributed by atoms with Crippen molar-refractivity contribution >= 4 is 31.6 Å².